The Labute approximate surface area is 93.2 Å². The first-order valence-corrected chi connectivity index (χ1v) is 5.22. The Morgan fingerprint density at radius 3 is 2.81 bits per heavy atom. The van der Waals surface area contributed by atoms with Crippen molar-refractivity contribution >= 4 is 11.9 Å². The van der Waals surface area contributed by atoms with Crippen molar-refractivity contribution in [3.63, 3.8) is 0 Å². The van der Waals surface area contributed by atoms with Crippen LogP contribution in [0.3, 0.4) is 0 Å². The SMILES string of the molecule is NC(=O)c1cnc(N[C@@H]2CCCOC2)nc1. The molecule has 1 saturated heterocycles. The third kappa shape index (κ3) is 2.66. The van der Waals surface area contributed by atoms with Gasteiger partial charge in [0.2, 0.25) is 5.95 Å². The lowest BCUT2D eigenvalue weighted by Crippen LogP contribution is -2.30. The fraction of sp³-hybridized carbons (Fsp3) is 0.500. The van der Waals surface area contributed by atoms with Gasteiger partial charge in [-0.2, -0.15) is 0 Å². The molecule has 0 aliphatic carbocycles. The molecule has 16 heavy (non-hydrogen) atoms. The third-order valence-electron chi connectivity index (χ3n) is 2.43. The van der Waals surface area contributed by atoms with Crippen molar-refractivity contribution in [1.29, 1.82) is 0 Å². The van der Waals surface area contributed by atoms with E-state index in [0.717, 1.165) is 19.4 Å². The van der Waals surface area contributed by atoms with Gasteiger partial charge in [0.05, 0.1) is 18.2 Å². The number of ether oxygens (including phenoxy) is 1. The summed E-state index contributed by atoms with van der Waals surface area (Å²) >= 11 is 0. The first kappa shape index (κ1) is 10.8. The molecule has 0 aromatic carbocycles. The van der Waals surface area contributed by atoms with E-state index in [9.17, 15) is 4.79 Å². The first-order valence-electron chi connectivity index (χ1n) is 5.22. The molecule has 86 valence electrons. The number of anilines is 1. The number of carbonyl (C=O) groups excluding carboxylic acids is 1. The zero-order chi connectivity index (χ0) is 11.4. The summed E-state index contributed by atoms with van der Waals surface area (Å²) < 4.78 is 5.32. The molecular formula is C10H14N4O2. The number of hydrogen-bond donors (Lipinski definition) is 2. The summed E-state index contributed by atoms with van der Waals surface area (Å²) in [4.78, 5) is 18.8. The monoisotopic (exact) mass is 222 g/mol. The van der Waals surface area contributed by atoms with Gasteiger partial charge in [-0.05, 0) is 12.8 Å². The van der Waals surface area contributed by atoms with Crippen LogP contribution in [0.2, 0.25) is 0 Å². The minimum atomic E-state index is -0.521. The Hall–Kier alpha value is -1.69. The van der Waals surface area contributed by atoms with E-state index >= 15 is 0 Å². The van der Waals surface area contributed by atoms with Crippen molar-refractivity contribution in [3.8, 4) is 0 Å². The molecule has 1 atom stereocenters. The van der Waals surface area contributed by atoms with Gasteiger partial charge in [-0.1, -0.05) is 0 Å². The quantitative estimate of drug-likeness (QED) is 0.760. The molecule has 2 heterocycles. The highest BCUT2D eigenvalue weighted by atomic mass is 16.5. The Kier molecular flexibility index (Phi) is 3.31. The molecule has 1 aromatic heterocycles. The van der Waals surface area contributed by atoms with Crippen LogP contribution in [0.15, 0.2) is 12.4 Å². The molecule has 0 saturated carbocycles. The molecule has 6 heteroatoms. The lowest BCUT2D eigenvalue weighted by atomic mass is 10.1. The van der Waals surface area contributed by atoms with E-state index in [1.807, 2.05) is 0 Å². The highest BCUT2D eigenvalue weighted by Gasteiger charge is 2.14. The standard InChI is InChI=1S/C10H14N4O2/c11-9(15)7-4-12-10(13-5-7)14-8-2-1-3-16-6-8/h4-5,8H,1-3,6H2,(H2,11,15)(H,12,13,14)/t8-/m1/s1. The summed E-state index contributed by atoms with van der Waals surface area (Å²) in [6.07, 6.45) is 4.92. The largest absolute Gasteiger partial charge is 0.379 e. The normalized spacial score (nSPS) is 20.4. The molecule has 1 aliphatic heterocycles. The van der Waals surface area contributed by atoms with Gasteiger partial charge in [-0.3, -0.25) is 4.79 Å². The van der Waals surface area contributed by atoms with E-state index in [4.69, 9.17) is 10.5 Å². The number of nitrogens with two attached hydrogens (primary N) is 1. The van der Waals surface area contributed by atoms with Gasteiger partial charge in [0.25, 0.3) is 5.91 Å². The molecule has 2 rings (SSSR count). The van der Waals surface area contributed by atoms with Crippen molar-refractivity contribution < 1.29 is 9.53 Å². The molecule has 1 aliphatic rings. The van der Waals surface area contributed by atoms with Gasteiger partial charge >= 0.3 is 0 Å². The average Bonchev–Trinajstić information content (AvgIpc) is 2.31. The van der Waals surface area contributed by atoms with Gasteiger partial charge in [0.1, 0.15) is 0 Å². The van der Waals surface area contributed by atoms with Crippen LogP contribution in [0.5, 0.6) is 0 Å². The second-order valence-electron chi connectivity index (χ2n) is 3.72. The van der Waals surface area contributed by atoms with Gasteiger partial charge in [0, 0.05) is 19.0 Å². The van der Waals surface area contributed by atoms with Crippen molar-refractivity contribution in [2.75, 3.05) is 18.5 Å². The Bertz CT molecular complexity index is 360. The topological polar surface area (TPSA) is 90.1 Å². The fourth-order valence-electron chi connectivity index (χ4n) is 1.57. The number of aromatic nitrogens is 2. The predicted octanol–water partition coefficient (Wildman–Crippen LogP) is 0.166. The van der Waals surface area contributed by atoms with Gasteiger partial charge in [-0.15, -0.1) is 0 Å². The molecule has 0 unspecified atom stereocenters. The molecule has 1 amide bonds. The minimum Gasteiger partial charge on any atom is -0.379 e. The lowest BCUT2D eigenvalue weighted by molar-refractivity contribution is 0.0874. The van der Waals surface area contributed by atoms with Crippen LogP contribution >= 0.6 is 0 Å². The summed E-state index contributed by atoms with van der Waals surface area (Å²) in [5, 5.41) is 3.15. The molecule has 0 spiro atoms. The van der Waals surface area contributed by atoms with Crippen LogP contribution < -0.4 is 11.1 Å². The molecule has 0 bridgehead atoms. The van der Waals surface area contributed by atoms with E-state index < -0.39 is 5.91 Å². The van der Waals surface area contributed by atoms with E-state index in [-0.39, 0.29) is 6.04 Å². The van der Waals surface area contributed by atoms with Gasteiger partial charge in [-0.25, -0.2) is 9.97 Å². The predicted molar refractivity (Wildman–Crippen MR) is 58.0 cm³/mol. The highest BCUT2D eigenvalue weighted by molar-refractivity contribution is 5.92. The van der Waals surface area contributed by atoms with Crippen LogP contribution in [-0.4, -0.2) is 35.1 Å². The summed E-state index contributed by atoms with van der Waals surface area (Å²) in [6.45, 7) is 1.49. The van der Waals surface area contributed by atoms with Gasteiger partial charge < -0.3 is 15.8 Å². The minimum absolute atomic E-state index is 0.244. The number of amides is 1. The summed E-state index contributed by atoms with van der Waals surface area (Å²) in [7, 11) is 0. The van der Waals surface area contributed by atoms with E-state index in [0.29, 0.717) is 18.1 Å². The number of nitrogens with zero attached hydrogens (tertiary/aromatic N) is 2. The molecule has 1 fully saturated rings. The van der Waals surface area contributed by atoms with Crippen LogP contribution in [0, 0.1) is 0 Å². The van der Waals surface area contributed by atoms with Crippen molar-refractivity contribution in [1.82, 2.24) is 9.97 Å². The maximum absolute atomic E-state index is 10.8. The first-order chi connectivity index (χ1) is 7.75. The Morgan fingerprint density at radius 2 is 2.25 bits per heavy atom. The lowest BCUT2D eigenvalue weighted by Gasteiger charge is -2.22. The van der Waals surface area contributed by atoms with Crippen LogP contribution in [0.1, 0.15) is 23.2 Å². The maximum atomic E-state index is 10.8. The second kappa shape index (κ2) is 4.89. The molecule has 1 aromatic rings. The number of carbonyl (C=O) groups is 1. The smallest absolute Gasteiger partial charge is 0.251 e. The molecule has 3 N–H and O–H groups in total. The van der Waals surface area contributed by atoms with Crippen molar-refractivity contribution in [3.05, 3.63) is 18.0 Å². The van der Waals surface area contributed by atoms with Crippen LogP contribution in [0.25, 0.3) is 0 Å². The Balaban J connectivity index is 1.96. The van der Waals surface area contributed by atoms with E-state index in [1.165, 1.54) is 12.4 Å². The second-order valence-corrected chi connectivity index (χ2v) is 3.72. The molecular weight excluding hydrogens is 208 g/mol. The maximum Gasteiger partial charge on any atom is 0.251 e. The average molecular weight is 222 g/mol. The summed E-state index contributed by atoms with van der Waals surface area (Å²) in [5.74, 6) is -0.0203. The third-order valence-corrected chi connectivity index (χ3v) is 2.43. The number of nitrogens with one attached hydrogen (secondary N) is 1. The fourth-order valence-corrected chi connectivity index (χ4v) is 1.57. The van der Waals surface area contributed by atoms with Crippen LogP contribution in [0.4, 0.5) is 5.95 Å². The van der Waals surface area contributed by atoms with Gasteiger partial charge in [0.15, 0.2) is 0 Å². The molecule has 0 radical (unpaired) electrons. The Morgan fingerprint density at radius 1 is 1.50 bits per heavy atom. The number of rotatable bonds is 3. The zero-order valence-electron chi connectivity index (χ0n) is 8.85. The van der Waals surface area contributed by atoms with Crippen molar-refractivity contribution in [2.45, 2.75) is 18.9 Å². The zero-order valence-corrected chi connectivity index (χ0v) is 8.85. The van der Waals surface area contributed by atoms with E-state index in [2.05, 4.69) is 15.3 Å². The van der Waals surface area contributed by atoms with Crippen molar-refractivity contribution in [2.24, 2.45) is 5.73 Å². The van der Waals surface area contributed by atoms with E-state index in [1.54, 1.807) is 0 Å². The molecule has 6 nitrogen and oxygen atoms in total. The number of hydrogen-bond acceptors (Lipinski definition) is 5. The highest BCUT2D eigenvalue weighted by Crippen LogP contribution is 2.10. The summed E-state index contributed by atoms with van der Waals surface area (Å²) in [6, 6.07) is 0.244. The summed E-state index contributed by atoms with van der Waals surface area (Å²) in [5.41, 5.74) is 5.40. The number of primary amides is 1. The van der Waals surface area contributed by atoms with Crippen LogP contribution in [-0.2, 0) is 4.74 Å².